The Balaban J connectivity index is 3.32. The van der Waals surface area contributed by atoms with Crippen LogP contribution in [0.15, 0.2) is 12.1 Å². The Hall–Kier alpha value is -1.42. The predicted octanol–water partition coefficient (Wildman–Crippen LogP) is 1.87. The van der Waals surface area contributed by atoms with Gasteiger partial charge in [-0.3, -0.25) is 0 Å². The van der Waals surface area contributed by atoms with E-state index in [9.17, 15) is 5.11 Å². The van der Waals surface area contributed by atoms with E-state index in [1.54, 1.807) is 14.2 Å². The van der Waals surface area contributed by atoms with Crippen LogP contribution in [0.2, 0.25) is 0 Å². The van der Waals surface area contributed by atoms with Gasteiger partial charge in [-0.15, -0.1) is 0 Å². The van der Waals surface area contributed by atoms with E-state index < -0.39 is 0 Å². The molecule has 4 heteroatoms. The maximum Gasteiger partial charge on any atom is 0.142 e. The Bertz CT molecular complexity index is 377. The van der Waals surface area contributed by atoms with E-state index in [0.717, 1.165) is 22.7 Å². The molecule has 0 bridgehead atoms. The highest BCUT2D eigenvalue weighted by Crippen LogP contribution is 2.37. The van der Waals surface area contributed by atoms with Gasteiger partial charge < -0.3 is 19.5 Å². The summed E-state index contributed by atoms with van der Waals surface area (Å²) in [7, 11) is 7.18. The van der Waals surface area contributed by atoms with Crippen molar-refractivity contribution in [2.75, 3.05) is 39.8 Å². The molecule has 1 N–H and O–H groups in total. The normalized spacial score (nSPS) is 12.1. The minimum atomic E-state index is 0.0232. The minimum Gasteiger partial charge on any atom is -0.496 e. The largest absolute Gasteiger partial charge is 0.496 e. The molecule has 1 aromatic carbocycles. The average molecular weight is 239 g/mol. The summed E-state index contributed by atoms with van der Waals surface area (Å²) < 4.78 is 10.7. The third-order valence-corrected chi connectivity index (χ3v) is 2.82. The average Bonchev–Trinajstić information content (AvgIpc) is 2.35. The second kappa shape index (κ2) is 5.77. The number of anilines is 1. The number of methoxy groups -OCH3 is 2. The zero-order chi connectivity index (χ0) is 13.0. The number of ether oxygens (including phenoxy) is 2. The molecule has 1 rings (SSSR count). The van der Waals surface area contributed by atoms with E-state index in [1.807, 2.05) is 38.1 Å². The Morgan fingerprint density at radius 1 is 1.18 bits per heavy atom. The number of aliphatic hydroxyl groups excluding tert-OH is 1. The number of aliphatic hydroxyl groups is 1. The van der Waals surface area contributed by atoms with Crippen LogP contribution in [0.3, 0.4) is 0 Å². The molecular formula is C13H21NO3. The highest BCUT2D eigenvalue weighted by atomic mass is 16.5. The number of benzene rings is 1. The molecule has 0 aliphatic rings. The van der Waals surface area contributed by atoms with E-state index in [4.69, 9.17) is 9.47 Å². The van der Waals surface area contributed by atoms with Crippen LogP contribution in [-0.2, 0) is 0 Å². The van der Waals surface area contributed by atoms with Gasteiger partial charge in [0.1, 0.15) is 11.5 Å². The SMILES string of the molecule is COc1cc(N(C)C)c(OC)cc1C(C)CO. The first-order valence-electron chi connectivity index (χ1n) is 5.59. The van der Waals surface area contributed by atoms with Crippen LogP contribution >= 0.6 is 0 Å². The lowest BCUT2D eigenvalue weighted by atomic mass is 9.99. The molecular weight excluding hydrogens is 218 g/mol. The summed E-state index contributed by atoms with van der Waals surface area (Å²) in [6.07, 6.45) is 0. The molecule has 1 unspecified atom stereocenters. The standard InChI is InChI=1S/C13H21NO3/c1-9(8-15)10-6-13(17-5)11(14(2)3)7-12(10)16-4/h6-7,9,15H,8H2,1-5H3. The van der Waals surface area contributed by atoms with Gasteiger partial charge in [-0.1, -0.05) is 6.92 Å². The monoisotopic (exact) mass is 239 g/mol. The molecule has 0 amide bonds. The van der Waals surface area contributed by atoms with Crippen molar-refractivity contribution in [2.24, 2.45) is 0 Å². The second-order valence-electron chi connectivity index (χ2n) is 4.24. The third kappa shape index (κ3) is 2.82. The lowest BCUT2D eigenvalue weighted by Gasteiger charge is -2.21. The van der Waals surface area contributed by atoms with Crippen LogP contribution in [0, 0.1) is 0 Å². The van der Waals surface area contributed by atoms with Crippen molar-refractivity contribution in [3.05, 3.63) is 17.7 Å². The summed E-state index contributed by atoms with van der Waals surface area (Å²) in [6.45, 7) is 2.04. The van der Waals surface area contributed by atoms with Crippen LogP contribution in [0.1, 0.15) is 18.4 Å². The van der Waals surface area contributed by atoms with Crippen molar-refractivity contribution in [3.8, 4) is 11.5 Å². The van der Waals surface area contributed by atoms with Crippen LogP contribution in [-0.4, -0.2) is 40.0 Å². The van der Waals surface area contributed by atoms with Crippen molar-refractivity contribution in [1.29, 1.82) is 0 Å². The van der Waals surface area contributed by atoms with Gasteiger partial charge in [0.15, 0.2) is 0 Å². The maximum atomic E-state index is 9.24. The number of hydrogen-bond donors (Lipinski definition) is 1. The molecule has 1 atom stereocenters. The highest BCUT2D eigenvalue weighted by molar-refractivity contribution is 5.63. The Kier molecular flexibility index (Phi) is 4.63. The molecule has 0 fully saturated rings. The van der Waals surface area contributed by atoms with Crippen molar-refractivity contribution in [2.45, 2.75) is 12.8 Å². The van der Waals surface area contributed by atoms with Gasteiger partial charge in [-0.2, -0.15) is 0 Å². The first-order valence-corrected chi connectivity index (χ1v) is 5.59. The summed E-state index contributed by atoms with van der Waals surface area (Å²) >= 11 is 0. The maximum absolute atomic E-state index is 9.24. The highest BCUT2D eigenvalue weighted by Gasteiger charge is 2.16. The molecule has 1 aromatic rings. The number of rotatable bonds is 5. The first-order chi connectivity index (χ1) is 8.04. The summed E-state index contributed by atoms with van der Waals surface area (Å²) in [5, 5.41) is 9.24. The molecule has 0 saturated carbocycles. The molecule has 0 radical (unpaired) electrons. The van der Waals surface area contributed by atoms with Gasteiger partial charge >= 0.3 is 0 Å². The molecule has 0 aliphatic heterocycles. The molecule has 0 saturated heterocycles. The molecule has 17 heavy (non-hydrogen) atoms. The van der Waals surface area contributed by atoms with E-state index in [1.165, 1.54) is 0 Å². The lowest BCUT2D eigenvalue weighted by Crippen LogP contribution is -2.12. The van der Waals surface area contributed by atoms with Crippen molar-refractivity contribution >= 4 is 5.69 Å². The first kappa shape index (κ1) is 13.6. The summed E-state index contributed by atoms with van der Waals surface area (Å²) in [5.41, 5.74) is 1.91. The second-order valence-corrected chi connectivity index (χ2v) is 4.24. The zero-order valence-electron chi connectivity index (χ0n) is 11.2. The summed E-state index contributed by atoms with van der Waals surface area (Å²) in [6, 6.07) is 3.86. The summed E-state index contributed by atoms with van der Waals surface area (Å²) in [4.78, 5) is 1.97. The lowest BCUT2D eigenvalue weighted by molar-refractivity contribution is 0.269. The fourth-order valence-electron chi connectivity index (χ4n) is 1.74. The van der Waals surface area contributed by atoms with Gasteiger partial charge in [-0.25, -0.2) is 0 Å². The van der Waals surface area contributed by atoms with Gasteiger partial charge in [0.25, 0.3) is 0 Å². The molecule has 0 spiro atoms. The van der Waals surface area contributed by atoms with Crippen LogP contribution in [0.5, 0.6) is 11.5 Å². The van der Waals surface area contributed by atoms with Crippen molar-refractivity contribution < 1.29 is 14.6 Å². The van der Waals surface area contributed by atoms with Crippen LogP contribution in [0.4, 0.5) is 5.69 Å². The molecule has 0 aromatic heterocycles. The Morgan fingerprint density at radius 3 is 2.18 bits per heavy atom. The van der Waals surface area contributed by atoms with Gasteiger partial charge in [0.2, 0.25) is 0 Å². The van der Waals surface area contributed by atoms with E-state index in [-0.39, 0.29) is 12.5 Å². The molecule has 4 nitrogen and oxygen atoms in total. The van der Waals surface area contributed by atoms with Gasteiger partial charge in [-0.05, 0) is 6.07 Å². The minimum absolute atomic E-state index is 0.0232. The van der Waals surface area contributed by atoms with E-state index >= 15 is 0 Å². The molecule has 96 valence electrons. The van der Waals surface area contributed by atoms with Crippen molar-refractivity contribution in [1.82, 2.24) is 0 Å². The van der Waals surface area contributed by atoms with Crippen molar-refractivity contribution in [3.63, 3.8) is 0 Å². The molecule has 0 aliphatic carbocycles. The number of hydrogen-bond acceptors (Lipinski definition) is 4. The predicted molar refractivity (Wildman–Crippen MR) is 69.4 cm³/mol. The zero-order valence-corrected chi connectivity index (χ0v) is 11.2. The third-order valence-electron chi connectivity index (χ3n) is 2.82. The Labute approximate surface area is 103 Å². The van der Waals surface area contributed by atoms with E-state index in [0.29, 0.717) is 0 Å². The van der Waals surface area contributed by atoms with Gasteiger partial charge in [0, 0.05) is 38.2 Å². The van der Waals surface area contributed by atoms with Crippen LogP contribution < -0.4 is 14.4 Å². The van der Waals surface area contributed by atoms with Gasteiger partial charge in [0.05, 0.1) is 19.9 Å². The van der Waals surface area contributed by atoms with E-state index in [2.05, 4.69) is 0 Å². The topological polar surface area (TPSA) is 41.9 Å². The van der Waals surface area contributed by atoms with Crippen LogP contribution in [0.25, 0.3) is 0 Å². The molecule has 0 heterocycles. The fraction of sp³-hybridized carbons (Fsp3) is 0.538. The smallest absolute Gasteiger partial charge is 0.142 e. The quantitative estimate of drug-likeness (QED) is 0.851. The Morgan fingerprint density at radius 2 is 1.76 bits per heavy atom. The fourth-order valence-corrected chi connectivity index (χ4v) is 1.74. The number of nitrogens with zero attached hydrogens (tertiary/aromatic N) is 1. The summed E-state index contributed by atoms with van der Waals surface area (Å²) in [5.74, 6) is 1.58.